The van der Waals surface area contributed by atoms with Crippen LogP contribution < -0.4 is 4.74 Å². The molecule has 3 heterocycles. The summed E-state index contributed by atoms with van der Waals surface area (Å²) in [6.07, 6.45) is 4.40. The van der Waals surface area contributed by atoms with Gasteiger partial charge >= 0.3 is 0 Å². The number of nitrogens with zero attached hydrogens (tertiary/aromatic N) is 3. The molecular formula is C16H21N3O3. The Labute approximate surface area is 130 Å². The number of hydrogen-bond donors (Lipinski definition) is 0. The summed E-state index contributed by atoms with van der Waals surface area (Å²) in [5.41, 5.74) is 0.742. The van der Waals surface area contributed by atoms with Gasteiger partial charge in [0, 0.05) is 31.7 Å². The highest BCUT2D eigenvalue weighted by atomic mass is 16.5. The number of methoxy groups -OCH3 is 1. The molecule has 1 atom stereocenters. The summed E-state index contributed by atoms with van der Waals surface area (Å²) in [5.74, 6) is 0.993. The molecule has 0 spiro atoms. The Bertz CT molecular complexity index is 558. The van der Waals surface area contributed by atoms with Crippen molar-refractivity contribution in [2.75, 3.05) is 26.7 Å². The minimum atomic E-state index is 0.0758. The molecule has 2 amide bonds. The van der Waals surface area contributed by atoms with Gasteiger partial charge in [-0.25, -0.2) is 0 Å². The molecule has 1 aromatic heterocycles. The predicted molar refractivity (Wildman–Crippen MR) is 80.4 cm³/mol. The van der Waals surface area contributed by atoms with E-state index < -0.39 is 0 Å². The normalized spacial score (nSPS) is 21.5. The molecule has 2 fully saturated rings. The average Bonchev–Trinajstić information content (AvgIpc) is 3.16. The standard InChI is InChI=1S/C16H21N3O3/c1-22-14-5-4-12(17-10-14)9-16(21)18-8-6-13(11-18)19-7-2-3-15(19)20/h4-5,10,13H,2-3,6-9,11H2,1H3. The van der Waals surface area contributed by atoms with Gasteiger partial charge in [0.25, 0.3) is 0 Å². The van der Waals surface area contributed by atoms with E-state index in [9.17, 15) is 9.59 Å². The average molecular weight is 303 g/mol. The van der Waals surface area contributed by atoms with Crippen LogP contribution in [-0.4, -0.2) is 59.4 Å². The summed E-state index contributed by atoms with van der Waals surface area (Å²) in [4.78, 5) is 32.2. The highest BCUT2D eigenvalue weighted by molar-refractivity contribution is 5.80. The summed E-state index contributed by atoms with van der Waals surface area (Å²) in [5, 5.41) is 0. The lowest BCUT2D eigenvalue weighted by molar-refractivity contribution is -0.132. The number of rotatable bonds is 4. The van der Waals surface area contributed by atoms with E-state index in [0.717, 1.165) is 31.6 Å². The molecule has 0 saturated carbocycles. The Hall–Kier alpha value is -2.11. The van der Waals surface area contributed by atoms with Crippen molar-refractivity contribution in [1.82, 2.24) is 14.8 Å². The lowest BCUT2D eigenvalue weighted by Crippen LogP contribution is -2.39. The van der Waals surface area contributed by atoms with Crippen LogP contribution in [0.2, 0.25) is 0 Å². The number of likely N-dealkylation sites (tertiary alicyclic amines) is 2. The number of hydrogen-bond acceptors (Lipinski definition) is 4. The number of carbonyl (C=O) groups excluding carboxylic acids is 2. The second-order valence-corrected chi connectivity index (χ2v) is 5.84. The first-order chi connectivity index (χ1) is 10.7. The van der Waals surface area contributed by atoms with Gasteiger partial charge < -0.3 is 14.5 Å². The first-order valence-electron chi connectivity index (χ1n) is 7.73. The van der Waals surface area contributed by atoms with Crippen LogP contribution in [0, 0.1) is 0 Å². The monoisotopic (exact) mass is 303 g/mol. The molecule has 118 valence electrons. The van der Waals surface area contributed by atoms with Gasteiger partial charge in [0.2, 0.25) is 11.8 Å². The highest BCUT2D eigenvalue weighted by Crippen LogP contribution is 2.22. The number of pyridine rings is 1. The van der Waals surface area contributed by atoms with Gasteiger partial charge in [-0.3, -0.25) is 14.6 Å². The Morgan fingerprint density at radius 3 is 2.91 bits per heavy atom. The van der Waals surface area contributed by atoms with Crippen molar-refractivity contribution in [3.05, 3.63) is 24.0 Å². The van der Waals surface area contributed by atoms with Crippen LogP contribution in [0.1, 0.15) is 25.0 Å². The molecule has 6 heteroatoms. The maximum atomic E-state index is 12.4. The Morgan fingerprint density at radius 1 is 1.41 bits per heavy atom. The van der Waals surface area contributed by atoms with Crippen molar-refractivity contribution >= 4 is 11.8 Å². The van der Waals surface area contributed by atoms with Crippen LogP contribution in [-0.2, 0) is 16.0 Å². The van der Waals surface area contributed by atoms with E-state index in [1.807, 2.05) is 21.9 Å². The van der Waals surface area contributed by atoms with Crippen molar-refractivity contribution in [2.24, 2.45) is 0 Å². The van der Waals surface area contributed by atoms with Crippen LogP contribution >= 0.6 is 0 Å². The van der Waals surface area contributed by atoms with Gasteiger partial charge in [-0.2, -0.15) is 0 Å². The molecule has 0 aliphatic carbocycles. The van der Waals surface area contributed by atoms with Crippen molar-refractivity contribution < 1.29 is 14.3 Å². The summed E-state index contributed by atoms with van der Waals surface area (Å²) in [7, 11) is 1.59. The van der Waals surface area contributed by atoms with Gasteiger partial charge in [-0.1, -0.05) is 0 Å². The van der Waals surface area contributed by atoms with Crippen molar-refractivity contribution in [3.8, 4) is 5.75 Å². The number of ether oxygens (including phenoxy) is 1. The van der Waals surface area contributed by atoms with E-state index >= 15 is 0 Å². The zero-order chi connectivity index (χ0) is 15.5. The molecule has 0 bridgehead atoms. The summed E-state index contributed by atoms with van der Waals surface area (Å²) >= 11 is 0. The van der Waals surface area contributed by atoms with Gasteiger partial charge in [0.1, 0.15) is 5.75 Å². The first kappa shape index (κ1) is 14.8. The number of aromatic nitrogens is 1. The lowest BCUT2D eigenvalue weighted by atomic mass is 10.2. The van der Waals surface area contributed by atoms with Crippen LogP contribution in [0.4, 0.5) is 0 Å². The van der Waals surface area contributed by atoms with Crippen molar-refractivity contribution in [2.45, 2.75) is 31.7 Å². The fourth-order valence-electron chi connectivity index (χ4n) is 3.18. The van der Waals surface area contributed by atoms with Gasteiger partial charge in [-0.05, 0) is 25.0 Å². The molecule has 3 rings (SSSR count). The minimum Gasteiger partial charge on any atom is -0.495 e. The molecule has 2 aliphatic rings. The number of carbonyl (C=O) groups is 2. The molecular weight excluding hydrogens is 282 g/mol. The van der Waals surface area contributed by atoms with Crippen molar-refractivity contribution in [1.29, 1.82) is 0 Å². The topological polar surface area (TPSA) is 62.7 Å². The van der Waals surface area contributed by atoms with E-state index in [0.29, 0.717) is 25.1 Å². The zero-order valence-electron chi connectivity index (χ0n) is 12.8. The molecule has 6 nitrogen and oxygen atoms in total. The SMILES string of the molecule is COc1ccc(CC(=O)N2CCC(N3CCCC3=O)C2)nc1. The van der Waals surface area contributed by atoms with E-state index in [1.54, 1.807) is 13.3 Å². The third-order valence-corrected chi connectivity index (χ3v) is 4.43. The van der Waals surface area contributed by atoms with Crippen LogP contribution in [0.5, 0.6) is 5.75 Å². The molecule has 0 aromatic carbocycles. The van der Waals surface area contributed by atoms with Crippen LogP contribution in [0.3, 0.4) is 0 Å². The third-order valence-electron chi connectivity index (χ3n) is 4.43. The van der Waals surface area contributed by atoms with E-state index in [1.165, 1.54) is 0 Å². The Balaban J connectivity index is 1.55. The first-order valence-corrected chi connectivity index (χ1v) is 7.73. The smallest absolute Gasteiger partial charge is 0.228 e. The van der Waals surface area contributed by atoms with Gasteiger partial charge in [-0.15, -0.1) is 0 Å². The second-order valence-electron chi connectivity index (χ2n) is 5.84. The largest absolute Gasteiger partial charge is 0.495 e. The molecule has 2 saturated heterocycles. The molecule has 22 heavy (non-hydrogen) atoms. The van der Waals surface area contributed by atoms with Gasteiger partial charge in [0.05, 0.1) is 25.8 Å². The molecule has 0 radical (unpaired) electrons. The fraction of sp³-hybridized carbons (Fsp3) is 0.562. The van der Waals surface area contributed by atoms with Crippen molar-refractivity contribution in [3.63, 3.8) is 0 Å². The maximum absolute atomic E-state index is 12.4. The quantitative estimate of drug-likeness (QED) is 0.827. The number of amides is 2. The molecule has 1 aromatic rings. The van der Waals surface area contributed by atoms with E-state index in [-0.39, 0.29) is 17.9 Å². The predicted octanol–water partition coefficient (Wildman–Crippen LogP) is 0.856. The minimum absolute atomic E-state index is 0.0758. The lowest BCUT2D eigenvalue weighted by Gasteiger charge is -2.24. The molecule has 2 aliphatic heterocycles. The summed E-state index contributed by atoms with van der Waals surface area (Å²) in [6.45, 7) is 2.22. The molecule has 1 unspecified atom stereocenters. The summed E-state index contributed by atoms with van der Waals surface area (Å²) in [6, 6.07) is 3.82. The second kappa shape index (κ2) is 6.34. The van der Waals surface area contributed by atoms with E-state index in [2.05, 4.69) is 4.98 Å². The summed E-state index contributed by atoms with van der Waals surface area (Å²) < 4.78 is 5.06. The zero-order valence-corrected chi connectivity index (χ0v) is 12.8. The fourth-order valence-corrected chi connectivity index (χ4v) is 3.18. The maximum Gasteiger partial charge on any atom is 0.228 e. The Kier molecular flexibility index (Phi) is 4.27. The highest BCUT2D eigenvalue weighted by Gasteiger charge is 2.34. The Morgan fingerprint density at radius 2 is 2.27 bits per heavy atom. The van der Waals surface area contributed by atoms with Gasteiger partial charge in [0.15, 0.2) is 0 Å². The third kappa shape index (κ3) is 3.05. The van der Waals surface area contributed by atoms with E-state index in [4.69, 9.17) is 4.74 Å². The van der Waals surface area contributed by atoms with Crippen LogP contribution in [0.25, 0.3) is 0 Å². The van der Waals surface area contributed by atoms with Crippen LogP contribution in [0.15, 0.2) is 18.3 Å². The molecule has 0 N–H and O–H groups in total.